The highest BCUT2D eigenvalue weighted by Crippen LogP contribution is 2.21. The van der Waals surface area contributed by atoms with E-state index in [1.807, 2.05) is 31.2 Å². The first-order valence-corrected chi connectivity index (χ1v) is 7.90. The SMILES string of the molecule is COc1ccc(/C=N/NC(=O)c2ccc(C)cc2Cl)cc1I. The van der Waals surface area contributed by atoms with Crippen LogP contribution in [-0.4, -0.2) is 19.2 Å². The van der Waals surface area contributed by atoms with Crippen LogP contribution in [0.4, 0.5) is 0 Å². The lowest BCUT2D eigenvalue weighted by Crippen LogP contribution is -2.18. The van der Waals surface area contributed by atoms with Crippen molar-refractivity contribution in [2.45, 2.75) is 6.92 Å². The van der Waals surface area contributed by atoms with Gasteiger partial charge in [0.1, 0.15) is 5.75 Å². The summed E-state index contributed by atoms with van der Waals surface area (Å²) in [6.45, 7) is 1.91. The van der Waals surface area contributed by atoms with Gasteiger partial charge in [0, 0.05) is 0 Å². The van der Waals surface area contributed by atoms with Crippen LogP contribution in [0.1, 0.15) is 21.5 Å². The number of carbonyl (C=O) groups is 1. The zero-order valence-corrected chi connectivity index (χ0v) is 15.0. The van der Waals surface area contributed by atoms with Gasteiger partial charge >= 0.3 is 0 Å². The summed E-state index contributed by atoms with van der Waals surface area (Å²) in [4.78, 5) is 12.0. The highest BCUT2D eigenvalue weighted by atomic mass is 127. The first-order valence-electron chi connectivity index (χ1n) is 6.44. The first kappa shape index (κ1) is 16.8. The molecule has 0 bridgehead atoms. The van der Waals surface area contributed by atoms with Crippen molar-refractivity contribution in [3.05, 3.63) is 61.7 Å². The van der Waals surface area contributed by atoms with E-state index in [1.54, 1.807) is 25.5 Å². The van der Waals surface area contributed by atoms with E-state index in [2.05, 4.69) is 33.1 Å². The molecule has 0 unspecified atom stereocenters. The van der Waals surface area contributed by atoms with Crippen molar-refractivity contribution in [3.63, 3.8) is 0 Å². The van der Waals surface area contributed by atoms with E-state index >= 15 is 0 Å². The molecule has 2 aromatic carbocycles. The van der Waals surface area contributed by atoms with Crippen molar-refractivity contribution in [1.82, 2.24) is 5.43 Å². The lowest BCUT2D eigenvalue weighted by molar-refractivity contribution is 0.0955. The number of hydrogen-bond acceptors (Lipinski definition) is 3. The number of methoxy groups -OCH3 is 1. The molecule has 2 rings (SSSR count). The molecule has 6 heteroatoms. The number of hydrogen-bond donors (Lipinski definition) is 1. The van der Waals surface area contributed by atoms with Crippen LogP contribution in [0.25, 0.3) is 0 Å². The van der Waals surface area contributed by atoms with Crippen molar-refractivity contribution in [2.75, 3.05) is 7.11 Å². The number of ether oxygens (including phenoxy) is 1. The highest BCUT2D eigenvalue weighted by molar-refractivity contribution is 14.1. The number of amides is 1. The zero-order chi connectivity index (χ0) is 16.1. The third-order valence-corrected chi connectivity index (χ3v) is 4.08. The van der Waals surface area contributed by atoms with Crippen molar-refractivity contribution in [2.24, 2.45) is 5.10 Å². The quantitative estimate of drug-likeness (QED) is 0.454. The van der Waals surface area contributed by atoms with Gasteiger partial charge in [-0.25, -0.2) is 5.43 Å². The predicted octanol–water partition coefficient (Wildman–Crippen LogP) is 4.03. The minimum absolute atomic E-state index is 0.343. The summed E-state index contributed by atoms with van der Waals surface area (Å²) < 4.78 is 6.16. The lowest BCUT2D eigenvalue weighted by atomic mass is 10.1. The summed E-state index contributed by atoms with van der Waals surface area (Å²) in [5, 5.41) is 4.36. The molecule has 0 atom stereocenters. The van der Waals surface area contributed by atoms with E-state index in [0.717, 1.165) is 20.4 Å². The van der Waals surface area contributed by atoms with E-state index in [9.17, 15) is 4.79 Å². The average Bonchev–Trinajstić information content (AvgIpc) is 2.47. The molecule has 0 aromatic heterocycles. The zero-order valence-electron chi connectivity index (χ0n) is 12.1. The van der Waals surface area contributed by atoms with E-state index in [1.165, 1.54) is 0 Å². The Morgan fingerprint density at radius 2 is 2.09 bits per heavy atom. The summed E-state index contributed by atoms with van der Waals surface area (Å²) in [5.41, 5.74) is 4.72. The predicted molar refractivity (Wildman–Crippen MR) is 97.0 cm³/mol. The normalized spacial score (nSPS) is 10.7. The topological polar surface area (TPSA) is 50.7 Å². The number of halogens is 2. The summed E-state index contributed by atoms with van der Waals surface area (Å²) in [5.74, 6) is 0.456. The largest absolute Gasteiger partial charge is 0.496 e. The molecule has 0 heterocycles. The summed E-state index contributed by atoms with van der Waals surface area (Å²) in [6, 6.07) is 10.9. The van der Waals surface area contributed by atoms with Crippen molar-refractivity contribution >= 4 is 46.3 Å². The molecule has 1 N–H and O–H groups in total. The Hall–Kier alpha value is -1.60. The molecule has 0 saturated carbocycles. The second-order valence-electron chi connectivity index (χ2n) is 4.58. The van der Waals surface area contributed by atoms with Gasteiger partial charge in [-0.3, -0.25) is 4.79 Å². The van der Waals surface area contributed by atoms with E-state index in [-0.39, 0.29) is 5.91 Å². The van der Waals surface area contributed by atoms with Crippen LogP contribution in [0.2, 0.25) is 5.02 Å². The van der Waals surface area contributed by atoms with Crippen LogP contribution in [0, 0.1) is 10.5 Å². The summed E-state index contributed by atoms with van der Waals surface area (Å²) >= 11 is 8.22. The van der Waals surface area contributed by atoms with Crippen molar-refractivity contribution < 1.29 is 9.53 Å². The second-order valence-corrected chi connectivity index (χ2v) is 6.15. The maximum absolute atomic E-state index is 12.0. The first-order chi connectivity index (χ1) is 10.5. The highest BCUT2D eigenvalue weighted by Gasteiger charge is 2.09. The van der Waals surface area contributed by atoms with Gasteiger partial charge in [-0.1, -0.05) is 17.7 Å². The van der Waals surface area contributed by atoms with Gasteiger partial charge in [-0.15, -0.1) is 0 Å². The molecule has 0 radical (unpaired) electrons. The van der Waals surface area contributed by atoms with Gasteiger partial charge in [0.25, 0.3) is 5.91 Å². The third kappa shape index (κ3) is 4.20. The van der Waals surface area contributed by atoms with E-state index in [0.29, 0.717) is 10.6 Å². The fraction of sp³-hybridized carbons (Fsp3) is 0.125. The van der Waals surface area contributed by atoms with Gasteiger partial charge in [0.2, 0.25) is 0 Å². The Kier molecular flexibility index (Phi) is 5.79. The van der Waals surface area contributed by atoms with Gasteiger partial charge in [-0.05, 0) is 71.0 Å². The fourth-order valence-corrected chi connectivity index (χ4v) is 2.87. The molecular formula is C16H14ClIN2O2. The number of carbonyl (C=O) groups excluding carboxylic acids is 1. The molecule has 1 amide bonds. The fourth-order valence-electron chi connectivity index (χ4n) is 1.79. The Morgan fingerprint density at radius 1 is 1.32 bits per heavy atom. The molecule has 4 nitrogen and oxygen atoms in total. The minimum atomic E-state index is -0.343. The van der Waals surface area contributed by atoms with Gasteiger partial charge in [-0.2, -0.15) is 5.10 Å². The Labute approximate surface area is 147 Å². The lowest BCUT2D eigenvalue weighted by Gasteiger charge is -2.04. The molecule has 2 aromatic rings. The molecule has 0 aliphatic heterocycles. The molecule has 0 spiro atoms. The Balaban J connectivity index is 2.05. The molecule has 0 fully saturated rings. The molecular weight excluding hydrogens is 415 g/mol. The molecule has 114 valence electrons. The summed E-state index contributed by atoms with van der Waals surface area (Å²) in [6.07, 6.45) is 1.57. The second kappa shape index (κ2) is 7.60. The van der Waals surface area contributed by atoms with Crippen LogP contribution in [0.15, 0.2) is 41.5 Å². The molecule has 0 aliphatic rings. The average molecular weight is 429 g/mol. The Bertz CT molecular complexity index is 732. The third-order valence-electron chi connectivity index (χ3n) is 2.92. The monoisotopic (exact) mass is 428 g/mol. The number of aryl methyl sites for hydroxylation is 1. The number of hydrazone groups is 1. The standard InChI is InChI=1S/C16H14ClIN2O2/c1-10-3-5-12(13(17)7-10)16(21)20-19-9-11-4-6-15(22-2)14(18)8-11/h3-9H,1-2H3,(H,20,21)/b19-9+. The minimum Gasteiger partial charge on any atom is -0.496 e. The molecule has 22 heavy (non-hydrogen) atoms. The van der Waals surface area contributed by atoms with Gasteiger partial charge < -0.3 is 4.74 Å². The molecule has 0 saturated heterocycles. The summed E-state index contributed by atoms with van der Waals surface area (Å²) in [7, 11) is 1.62. The van der Waals surface area contributed by atoms with Gasteiger partial charge in [0.05, 0.1) is 27.5 Å². The number of rotatable bonds is 4. The van der Waals surface area contributed by atoms with Crippen LogP contribution in [-0.2, 0) is 0 Å². The smallest absolute Gasteiger partial charge is 0.272 e. The van der Waals surface area contributed by atoms with Crippen molar-refractivity contribution in [3.8, 4) is 5.75 Å². The number of benzene rings is 2. The number of nitrogens with zero attached hydrogens (tertiary/aromatic N) is 1. The van der Waals surface area contributed by atoms with Crippen LogP contribution in [0.3, 0.4) is 0 Å². The maximum atomic E-state index is 12.0. The van der Waals surface area contributed by atoms with Crippen LogP contribution < -0.4 is 10.2 Å². The van der Waals surface area contributed by atoms with Crippen LogP contribution in [0.5, 0.6) is 5.75 Å². The van der Waals surface area contributed by atoms with E-state index in [4.69, 9.17) is 16.3 Å². The van der Waals surface area contributed by atoms with E-state index < -0.39 is 0 Å². The number of nitrogens with one attached hydrogen (secondary N) is 1. The maximum Gasteiger partial charge on any atom is 0.272 e. The Morgan fingerprint density at radius 3 is 2.73 bits per heavy atom. The van der Waals surface area contributed by atoms with Crippen molar-refractivity contribution in [1.29, 1.82) is 0 Å². The molecule has 0 aliphatic carbocycles. The van der Waals surface area contributed by atoms with Gasteiger partial charge in [0.15, 0.2) is 0 Å². The van der Waals surface area contributed by atoms with Crippen LogP contribution >= 0.6 is 34.2 Å².